The zero-order valence-electron chi connectivity index (χ0n) is 9.86. The maximum atomic E-state index is 11.4. The van der Waals surface area contributed by atoms with E-state index in [1.54, 1.807) is 6.20 Å². The molecule has 1 aromatic rings. The summed E-state index contributed by atoms with van der Waals surface area (Å²) >= 11 is 0. The molecule has 4 nitrogen and oxygen atoms in total. The maximum Gasteiger partial charge on any atom is 0.234 e. The number of carbonyl (C=O) groups is 1. The molecule has 0 aromatic carbocycles. The van der Waals surface area contributed by atoms with E-state index in [4.69, 9.17) is 0 Å². The number of hydrogen-bond donors (Lipinski definition) is 2. The van der Waals surface area contributed by atoms with Crippen LogP contribution in [-0.2, 0) is 11.3 Å². The van der Waals surface area contributed by atoms with Gasteiger partial charge in [-0.3, -0.25) is 9.78 Å². The zero-order valence-corrected chi connectivity index (χ0v) is 9.86. The van der Waals surface area contributed by atoms with Crippen LogP contribution in [0.2, 0.25) is 0 Å². The molecule has 0 fully saturated rings. The number of aromatic nitrogens is 1. The Morgan fingerprint density at radius 1 is 1.50 bits per heavy atom. The lowest BCUT2D eigenvalue weighted by atomic mass is 10.2. The Labute approximate surface area is 96.5 Å². The Hall–Kier alpha value is -1.42. The predicted molar refractivity (Wildman–Crippen MR) is 63.8 cm³/mol. The van der Waals surface area contributed by atoms with Crippen LogP contribution in [0.25, 0.3) is 0 Å². The van der Waals surface area contributed by atoms with Crippen molar-refractivity contribution in [1.82, 2.24) is 15.6 Å². The van der Waals surface area contributed by atoms with Gasteiger partial charge in [0.25, 0.3) is 0 Å². The Kier molecular flexibility index (Phi) is 5.50. The maximum absolute atomic E-state index is 11.4. The first kappa shape index (κ1) is 12.6. The minimum Gasteiger partial charge on any atom is -0.349 e. The van der Waals surface area contributed by atoms with Gasteiger partial charge in [-0.15, -0.1) is 0 Å². The summed E-state index contributed by atoms with van der Waals surface area (Å²) in [5, 5.41) is 5.95. The number of hydrogen-bond acceptors (Lipinski definition) is 3. The standard InChI is InChI=1S/C12H19N3O/c1-3-10(2)14-9-12(16)15-8-11-6-4-5-7-13-11/h4-7,10,14H,3,8-9H2,1-2H3,(H,15,16). The fraction of sp³-hybridized carbons (Fsp3) is 0.500. The average Bonchev–Trinajstić information content (AvgIpc) is 2.34. The smallest absolute Gasteiger partial charge is 0.234 e. The molecule has 1 atom stereocenters. The van der Waals surface area contributed by atoms with E-state index < -0.39 is 0 Å². The Balaban J connectivity index is 2.20. The second kappa shape index (κ2) is 6.95. The van der Waals surface area contributed by atoms with Gasteiger partial charge < -0.3 is 10.6 Å². The molecule has 1 rings (SSSR count). The van der Waals surface area contributed by atoms with Crippen molar-refractivity contribution in [2.45, 2.75) is 32.9 Å². The number of amides is 1. The van der Waals surface area contributed by atoms with Crippen molar-refractivity contribution in [3.05, 3.63) is 30.1 Å². The number of pyridine rings is 1. The quantitative estimate of drug-likeness (QED) is 0.756. The summed E-state index contributed by atoms with van der Waals surface area (Å²) in [5.41, 5.74) is 0.874. The molecule has 1 heterocycles. The molecule has 1 aromatic heterocycles. The van der Waals surface area contributed by atoms with Gasteiger partial charge in [0.05, 0.1) is 18.8 Å². The van der Waals surface area contributed by atoms with Crippen molar-refractivity contribution in [3.8, 4) is 0 Å². The van der Waals surface area contributed by atoms with Gasteiger partial charge in [-0.25, -0.2) is 0 Å². The van der Waals surface area contributed by atoms with Crippen LogP contribution in [0.3, 0.4) is 0 Å². The van der Waals surface area contributed by atoms with E-state index in [-0.39, 0.29) is 5.91 Å². The molecular formula is C12H19N3O. The third kappa shape index (κ3) is 4.89. The highest BCUT2D eigenvalue weighted by Gasteiger charge is 2.03. The predicted octanol–water partition coefficient (Wildman–Crippen LogP) is 1.09. The van der Waals surface area contributed by atoms with Gasteiger partial charge >= 0.3 is 0 Å². The van der Waals surface area contributed by atoms with Crippen molar-refractivity contribution < 1.29 is 4.79 Å². The Bertz CT molecular complexity index is 313. The van der Waals surface area contributed by atoms with Gasteiger partial charge in [-0.05, 0) is 25.5 Å². The van der Waals surface area contributed by atoms with Crippen LogP contribution in [0.5, 0.6) is 0 Å². The zero-order chi connectivity index (χ0) is 11.8. The summed E-state index contributed by atoms with van der Waals surface area (Å²) < 4.78 is 0. The summed E-state index contributed by atoms with van der Waals surface area (Å²) in [7, 11) is 0. The first-order valence-corrected chi connectivity index (χ1v) is 5.62. The highest BCUT2D eigenvalue weighted by atomic mass is 16.1. The molecule has 4 heteroatoms. The summed E-state index contributed by atoms with van der Waals surface area (Å²) in [4.78, 5) is 15.6. The second-order valence-electron chi connectivity index (χ2n) is 3.79. The molecule has 1 unspecified atom stereocenters. The fourth-order valence-electron chi connectivity index (χ4n) is 1.17. The van der Waals surface area contributed by atoms with Gasteiger partial charge in [0.15, 0.2) is 0 Å². The minimum atomic E-state index is 0.00551. The van der Waals surface area contributed by atoms with E-state index >= 15 is 0 Å². The van der Waals surface area contributed by atoms with Crippen molar-refractivity contribution in [1.29, 1.82) is 0 Å². The molecule has 0 saturated carbocycles. The third-order valence-corrected chi connectivity index (χ3v) is 2.42. The van der Waals surface area contributed by atoms with Crippen LogP contribution in [0, 0.1) is 0 Å². The average molecular weight is 221 g/mol. The van der Waals surface area contributed by atoms with E-state index in [9.17, 15) is 4.79 Å². The molecule has 1 amide bonds. The van der Waals surface area contributed by atoms with Gasteiger partial charge in [0.1, 0.15) is 0 Å². The molecule has 0 aliphatic carbocycles. The molecular weight excluding hydrogens is 202 g/mol. The summed E-state index contributed by atoms with van der Waals surface area (Å²) in [6, 6.07) is 6.03. The van der Waals surface area contributed by atoms with Crippen LogP contribution in [0.4, 0.5) is 0 Å². The van der Waals surface area contributed by atoms with Crippen LogP contribution in [0.1, 0.15) is 26.0 Å². The highest BCUT2D eigenvalue weighted by molar-refractivity contribution is 5.77. The fourth-order valence-corrected chi connectivity index (χ4v) is 1.17. The largest absolute Gasteiger partial charge is 0.349 e. The molecule has 0 bridgehead atoms. The lowest BCUT2D eigenvalue weighted by Gasteiger charge is -2.10. The van der Waals surface area contributed by atoms with Crippen molar-refractivity contribution in [2.75, 3.05) is 6.54 Å². The summed E-state index contributed by atoms with van der Waals surface area (Å²) in [6.45, 7) is 5.00. The topological polar surface area (TPSA) is 54.0 Å². The monoisotopic (exact) mass is 221 g/mol. The Morgan fingerprint density at radius 3 is 2.94 bits per heavy atom. The Morgan fingerprint density at radius 2 is 2.31 bits per heavy atom. The van der Waals surface area contributed by atoms with Gasteiger partial charge in [-0.1, -0.05) is 13.0 Å². The van der Waals surface area contributed by atoms with Crippen molar-refractivity contribution in [3.63, 3.8) is 0 Å². The van der Waals surface area contributed by atoms with Crippen molar-refractivity contribution >= 4 is 5.91 Å². The van der Waals surface area contributed by atoms with Crippen LogP contribution in [0.15, 0.2) is 24.4 Å². The first-order valence-electron chi connectivity index (χ1n) is 5.62. The number of carbonyl (C=O) groups excluding carboxylic acids is 1. The van der Waals surface area contributed by atoms with Crippen LogP contribution in [-0.4, -0.2) is 23.5 Å². The van der Waals surface area contributed by atoms with Crippen LogP contribution < -0.4 is 10.6 Å². The molecule has 0 spiro atoms. The van der Waals surface area contributed by atoms with Gasteiger partial charge in [-0.2, -0.15) is 0 Å². The first-order chi connectivity index (χ1) is 7.72. The second-order valence-corrected chi connectivity index (χ2v) is 3.79. The minimum absolute atomic E-state index is 0.00551. The third-order valence-electron chi connectivity index (χ3n) is 2.42. The number of rotatable bonds is 6. The van der Waals surface area contributed by atoms with E-state index in [0.29, 0.717) is 19.1 Å². The van der Waals surface area contributed by atoms with E-state index in [1.165, 1.54) is 0 Å². The van der Waals surface area contributed by atoms with E-state index in [1.807, 2.05) is 18.2 Å². The normalized spacial score (nSPS) is 12.1. The lowest BCUT2D eigenvalue weighted by molar-refractivity contribution is -0.120. The number of nitrogens with zero attached hydrogens (tertiary/aromatic N) is 1. The summed E-state index contributed by atoms with van der Waals surface area (Å²) in [6.07, 6.45) is 2.74. The SMILES string of the molecule is CCC(C)NCC(=O)NCc1ccccn1. The molecule has 88 valence electrons. The molecule has 0 saturated heterocycles. The molecule has 0 radical (unpaired) electrons. The summed E-state index contributed by atoms with van der Waals surface area (Å²) in [5.74, 6) is 0.00551. The number of nitrogens with one attached hydrogen (secondary N) is 2. The van der Waals surface area contributed by atoms with E-state index in [2.05, 4.69) is 29.5 Å². The molecule has 2 N–H and O–H groups in total. The highest BCUT2D eigenvalue weighted by Crippen LogP contribution is 1.91. The molecule has 0 aliphatic heterocycles. The van der Waals surface area contributed by atoms with Gasteiger partial charge in [0, 0.05) is 12.2 Å². The van der Waals surface area contributed by atoms with E-state index in [0.717, 1.165) is 12.1 Å². The molecule has 16 heavy (non-hydrogen) atoms. The van der Waals surface area contributed by atoms with Gasteiger partial charge in [0.2, 0.25) is 5.91 Å². The lowest BCUT2D eigenvalue weighted by Crippen LogP contribution is -2.37. The molecule has 0 aliphatic rings. The van der Waals surface area contributed by atoms with Crippen molar-refractivity contribution in [2.24, 2.45) is 0 Å². The van der Waals surface area contributed by atoms with Crippen LogP contribution >= 0.6 is 0 Å².